The van der Waals surface area contributed by atoms with Gasteiger partial charge in [-0.15, -0.1) is 0 Å². The number of alkyl halides is 1. The van der Waals surface area contributed by atoms with Crippen LogP contribution in [0.1, 0.15) is 6.42 Å². The van der Waals surface area contributed by atoms with Crippen LogP contribution in [0.2, 0.25) is 0 Å². The molecule has 4 heteroatoms. The molecule has 0 radical (unpaired) electrons. The Morgan fingerprint density at radius 1 is 1.31 bits per heavy atom. The Morgan fingerprint density at radius 2 is 2.19 bits per heavy atom. The third kappa shape index (κ3) is 2.44. The van der Waals surface area contributed by atoms with Gasteiger partial charge in [0.2, 0.25) is 0 Å². The van der Waals surface area contributed by atoms with E-state index in [1.165, 1.54) is 12.3 Å². The number of benzene rings is 1. The van der Waals surface area contributed by atoms with Crippen molar-refractivity contribution in [2.75, 3.05) is 11.9 Å². The summed E-state index contributed by atoms with van der Waals surface area (Å²) in [5.41, 5.74) is 0.525. The molecule has 0 aliphatic carbocycles. The van der Waals surface area contributed by atoms with E-state index in [2.05, 4.69) is 15.9 Å². The largest absolute Gasteiger partial charge is 0.493 e. The Labute approximate surface area is 101 Å². The Morgan fingerprint density at radius 3 is 3.00 bits per heavy atom. The van der Waals surface area contributed by atoms with Gasteiger partial charge in [0, 0.05) is 17.5 Å². The number of fused-ring (bicyclic) bond motifs is 1. The quantitative estimate of drug-likeness (QED) is 0.639. The highest BCUT2D eigenvalue weighted by Crippen LogP contribution is 2.18. The average molecular weight is 283 g/mol. The first-order valence-corrected chi connectivity index (χ1v) is 6.14. The van der Waals surface area contributed by atoms with Gasteiger partial charge in [0.25, 0.3) is 0 Å². The van der Waals surface area contributed by atoms with Crippen molar-refractivity contribution in [3.8, 4) is 5.75 Å². The van der Waals surface area contributed by atoms with Gasteiger partial charge in [-0.3, -0.25) is 4.79 Å². The van der Waals surface area contributed by atoms with Crippen LogP contribution < -0.4 is 10.2 Å². The average Bonchev–Trinajstić information content (AvgIpc) is 2.30. The normalized spacial score (nSPS) is 10.6. The van der Waals surface area contributed by atoms with Gasteiger partial charge in [-0.1, -0.05) is 15.9 Å². The molecule has 0 saturated heterocycles. The molecule has 0 atom stereocenters. The van der Waals surface area contributed by atoms with Gasteiger partial charge in [0.05, 0.1) is 18.3 Å². The van der Waals surface area contributed by atoms with E-state index in [9.17, 15) is 4.79 Å². The maximum Gasteiger partial charge on any atom is 0.192 e. The van der Waals surface area contributed by atoms with Gasteiger partial charge in [-0.2, -0.15) is 0 Å². The highest BCUT2D eigenvalue weighted by Gasteiger charge is 2.01. The van der Waals surface area contributed by atoms with E-state index in [1.807, 2.05) is 0 Å². The zero-order valence-electron chi connectivity index (χ0n) is 8.61. The molecule has 3 nitrogen and oxygen atoms in total. The molecule has 0 N–H and O–H groups in total. The summed E-state index contributed by atoms with van der Waals surface area (Å²) in [7, 11) is 0. The summed E-state index contributed by atoms with van der Waals surface area (Å²) in [6.07, 6.45) is 2.34. The molecule has 2 rings (SSSR count). The lowest BCUT2D eigenvalue weighted by Crippen LogP contribution is -2.00. The van der Waals surface area contributed by atoms with Gasteiger partial charge in [0.15, 0.2) is 5.43 Å². The van der Waals surface area contributed by atoms with Crippen molar-refractivity contribution in [1.82, 2.24) is 0 Å². The number of hydrogen-bond acceptors (Lipinski definition) is 3. The van der Waals surface area contributed by atoms with Crippen LogP contribution in [0.15, 0.2) is 39.7 Å². The lowest BCUT2D eigenvalue weighted by Gasteiger charge is -2.05. The summed E-state index contributed by atoms with van der Waals surface area (Å²) in [5, 5.41) is 1.49. The fourth-order valence-electron chi connectivity index (χ4n) is 1.40. The van der Waals surface area contributed by atoms with Gasteiger partial charge < -0.3 is 9.15 Å². The molecule has 0 fully saturated rings. The monoisotopic (exact) mass is 282 g/mol. The SMILES string of the molecule is O=c1ccoc2cc(OCCCBr)ccc12. The van der Waals surface area contributed by atoms with Crippen LogP contribution in [0.5, 0.6) is 5.75 Å². The second kappa shape index (κ2) is 5.16. The summed E-state index contributed by atoms with van der Waals surface area (Å²) in [6, 6.07) is 6.66. The topological polar surface area (TPSA) is 39.4 Å². The maximum absolute atomic E-state index is 11.4. The lowest BCUT2D eigenvalue weighted by molar-refractivity contribution is 0.319. The van der Waals surface area contributed by atoms with Crippen LogP contribution >= 0.6 is 15.9 Å². The minimum absolute atomic E-state index is 0.0340. The smallest absolute Gasteiger partial charge is 0.192 e. The third-order valence-electron chi connectivity index (χ3n) is 2.18. The minimum Gasteiger partial charge on any atom is -0.493 e. The van der Waals surface area contributed by atoms with Crippen molar-refractivity contribution in [3.63, 3.8) is 0 Å². The molecule has 0 aliphatic rings. The van der Waals surface area contributed by atoms with E-state index >= 15 is 0 Å². The molecule has 0 bridgehead atoms. The molecule has 1 aromatic carbocycles. The predicted octanol–water partition coefficient (Wildman–Crippen LogP) is 2.96. The second-order valence-electron chi connectivity index (χ2n) is 3.33. The molecule has 84 valence electrons. The minimum atomic E-state index is -0.0340. The maximum atomic E-state index is 11.4. The second-order valence-corrected chi connectivity index (χ2v) is 4.13. The third-order valence-corrected chi connectivity index (χ3v) is 2.74. The van der Waals surface area contributed by atoms with Crippen molar-refractivity contribution in [2.24, 2.45) is 0 Å². The summed E-state index contributed by atoms with van der Waals surface area (Å²) in [4.78, 5) is 11.4. The van der Waals surface area contributed by atoms with E-state index in [0.717, 1.165) is 17.5 Å². The zero-order chi connectivity index (χ0) is 11.4. The molecule has 16 heavy (non-hydrogen) atoms. The summed E-state index contributed by atoms with van der Waals surface area (Å²) < 4.78 is 10.8. The van der Waals surface area contributed by atoms with E-state index < -0.39 is 0 Å². The Hall–Kier alpha value is -1.29. The van der Waals surface area contributed by atoms with Crippen LogP contribution in [0.4, 0.5) is 0 Å². The first-order valence-electron chi connectivity index (χ1n) is 5.01. The van der Waals surface area contributed by atoms with Crippen molar-refractivity contribution >= 4 is 26.9 Å². The molecule has 0 amide bonds. The Kier molecular flexibility index (Phi) is 3.62. The first-order chi connectivity index (χ1) is 7.81. The van der Waals surface area contributed by atoms with Crippen LogP contribution in [-0.4, -0.2) is 11.9 Å². The molecule has 0 unspecified atom stereocenters. The highest BCUT2D eigenvalue weighted by atomic mass is 79.9. The lowest BCUT2D eigenvalue weighted by atomic mass is 10.2. The van der Waals surface area contributed by atoms with Crippen molar-refractivity contribution in [3.05, 3.63) is 40.8 Å². The molecule has 0 aliphatic heterocycles. The van der Waals surface area contributed by atoms with E-state index in [-0.39, 0.29) is 5.43 Å². The fourth-order valence-corrected chi connectivity index (χ4v) is 1.63. The molecule has 2 aromatic rings. The molecular weight excluding hydrogens is 272 g/mol. The highest BCUT2D eigenvalue weighted by molar-refractivity contribution is 9.09. The molecular formula is C12H11BrO3. The molecule has 0 saturated carbocycles. The van der Waals surface area contributed by atoms with Gasteiger partial charge in [-0.25, -0.2) is 0 Å². The fraction of sp³-hybridized carbons (Fsp3) is 0.250. The standard InChI is InChI=1S/C12H11BrO3/c13-5-1-6-15-9-2-3-10-11(14)4-7-16-12(10)8-9/h2-4,7-8H,1,5-6H2. The summed E-state index contributed by atoms with van der Waals surface area (Å²) in [6.45, 7) is 0.647. The van der Waals surface area contributed by atoms with E-state index in [0.29, 0.717) is 17.6 Å². The summed E-state index contributed by atoms with van der Waals surface area (Å²) >= 11 is 3.33. The number of halogens is 1. The summed E-state index contributed by atoms with van der Waals surface area (Å²) in [5.74, 6) is 0.725. The van der Waals surface area contributed by atoms with Crippen LogP contribution in [0.25, 0.3) is 11.0 Å². The molecule has 0 spiro atoms. The number of hydrogen-bond donors (Lipinski definition) is 0. The Bertz CT molecular complexity index is 533. The van der Waals surface area contributed by atoms with Crippen molar-refractivity contribution in [2.45, 2.75) is 6.42 Å². The van der Waals surface area contributed by atoms with Crippen LogP contribution in [-0.2, 0) is 0 Å². The first kappa shape index (κ1) is 11.2. The van der Waals surface area contributed by atoms with E-state index in [4.69, 9.17) is 9.15 Å². The molecule has 1 aromatic heterocycles. The van der Waals surface area contributed by atoms with Gasteiger partial charge in [-0.05, 0) is 18.6 Å². The van der Waals surface area contributed by atoms with Gasteiger partial charge in [0.1, 0.15) is 11.3 Å². The van der Waals surface area contributed by atoms with Crippen LogP contribution in [0.3, 0.4) is 0 Å². The van der Waals surface area contributed by atoms with Crippen molar-refractivity contribution < 1.29 is 9.15 Å². The number of ether oxygens (including phenoxy) is 1. The van der Waals surface area contributed by atoms with Gasteiger partial charge >= 0.3 is 0 Å². The Balaban J connectivity index is 2.27. The number of rotatable bonds is 4. The predicted molar refractivity (Wildman–Crippen MR) is 66.4 cm³/mol. The van der Waals surface area contributed by atoms with Crippen LogP contribution in [0, 0.1) is 0 Å². The van der Waals surface area contributed by atoms with Crippen molar-refractivity contribution in [1.29, 1.82) is 0 Å². The van der Waals surface area contributed by atoms with E-state index in [1.54, 1.807) is 18.2 Å². The zero-order valence-corrected chi connectivity index (χ0v) is 10.2. The molecule has 1 heterocycles.